The molecule has 0 bridgehead atoms. The number of benzene rings is 2. The van der Waals surface area contributed by atoms with Gasteiger partial charge in [-0.3, -0.25) is 0 Å². The third-order valence-electron chi connectivity index (χ3n) is 5.13. The molecule has 0 saturated heterocycles. The number of hydrogen-bond donors (Lipinski definition) is 1. The fourth-order valence-electron chi connectivity index (χ4n) is 3.39. The van der Waals surface area contributed by atoms with E-state index < -0.39 is 0 Å². The molecular weight excluding hydrogens is 350 g/mol. The van der Waals surface area contributed by atoms with Crippen molar-refractivity contribution in [1.29, 1.82) is 0 Å². The Kier molecular flexibility index (Phi) is 9.15. The first-order valence-electron chi connectivity index (χ1n) is 10.1. The van der Waals surface area contributed by atoms with Crippen molar-refractivity contribution in [2.24, 2.45) is 5.92 Å². The summed E-state index contributed by atoms with van der Waals surface area (Å²) in [6.45, 7) is 6.38. The largest absolute Gasteiger partial charge is 0.497 e. The smallest absolute Gasteiger partial charge is 0.161 e. The van der Waals surface area contributed by atoms with Gasteiger partial charge in [-0.1, -0.05) is 38.5 Å². The lowest BCUT2D eigenvalue weighted by Gasteiger charge is -2.19. The lowest BCUT2D eigenvalue weighted by molar-refractivity contribution is 0.354. The Hall–Kier alpha value is -2.20. The second kappa shape index (κ2) is 11.6. The molecule has 154 valence electrons. The van der Waals surface area contributed by atoms with Crippen LogP contribution in [-0.4, -0.2) is 27.9 Å². The van der Waals surface area contributed by atoms with Crippen LogP contribution in [0.3, 0.4) is 0 Å². The highest BCUT2D eigenvalue weighted by Gasteiger charge is 2.13. The molecule has 2 aromatic carbocycles. The zero-order valence-electron chi connectivity index (χ0n) is 18.0. The van der Waals surface area contributed by atoms with Gasteiger partial charge in [-0.15, -0.1) is 0 Å². The minimum atomic E-state index is 0.561. The Morgan fingerprint density at radius 1 is 0.786 bits per heavy atom. The van der Waals surface area contributed by atoms with Crippen molar-refractivity contribution in [3.8, 4) is 17.2 Å². The third kappa shape index (κ3) is 6.75. The topological polar surface area (TPSA) is 39.7 Å². The highest BCUT2D eigenvalue weighted by molar-refractivity contribution is 5.42. The monoisotopic (exact) mass is 385 g/mol. The van der Waals surface area contributed by atoms with Gasteiger partial charge in [0.2, 0.25) is 0 Å². The van der Waals surface area contributed by atoms with E-state index in [-0.39, 0.29) is 0 Å². The molecule has 1 atom stereocenters. The van der Waals surface area contributed by atoms with Crippen LogP contribution in [-0.2, 0) is 6.54 Å². The van der Waals surface area contributed by atoms with Gasteiger partial charge in [0.25, 0.3) is 0 Å². The summed E-state index contributed by atoms with van der Waals surface area (Å²) in [5.41, 5.74) is 2.59. The van der Waals surface area contributed by atoms with E-state index in [9.17, 15) is 0 Å². The summed E-state index contributed by atoms with van der Waals surface area (Å²) in [5.74, 6) is 3.74. The van der Waals surface area contributed by atoms with E-state index in [0.717, 1.165) is 42.7 Å². The Labute approximate surface area is 170 Å². The summed E-state index contributed by atoms with van der Waals surface area (Å²) in [5, 5.41) is 3.58. The van der Waals surface area contributed by atoms with Gasteiger partial charge in [-0.25, -0.2) is 0 Å². The Balaban J connectivity index is 1.91. The first-order valence-corrected chi connectivity index (χ1v) is 10.1. The Bertz CT molecular complexity index is 697. The van der Waals surface area contributed by atoms with Gasteiger partial charge in [0.05, 0.1) is 21.3 Å². The van der Waals surface area contributed by atoms with Crippen LogP contribution in [0.4, 0.5) is 0 Å². The van der Waals surface area contributed by atoms with E-state index in [0.29, 0.717) is 5.92 Å². The number of rotatable bonds is 12. The van der Waals surface area contributed by atoms with Gasteiger partial charge in [0.15, 0.2) is 11.5 Å². The highest BCUT2D eigenvalue weighted by atomic mass is 16.5. The average molecular weight is 386 g/mol. The molecule has 0 fully saturated rings. The summed E-state index contributed by atoms with van der Waals surface area (Å²) in [7, 11) is 5.04. The third-order valence-corrected chi connectivity index (χ3v) is 5.13. The van der Waals surface area contributed by atoms with Crippen molar-refractivity contribution >= 4 is 0 Å². The normalized spacial score (nSPS) is 12.1. The van der Waals surface area contributed by atoms with Crippen LogP contribution in [0.15, 0.2) is 42.5 Å². The van der Waals surface area contributed by atoms with Crippen LogP contribution in [0.2, 0.25) is 0 Å². The number of hydrogen-bond acceptors (Lipinski definition) is 4. The molecule has 0 radical (unpaired) electrons. The van der Waals surface area contributed by atoms with Gasteiger partial charge in [0, 0.05) is 6.54 Å². The van der Waals surface area contributed by atoms with Crippen LogP contribution >= 0.6 is 0 Å². The van der Waals surface area contributed by atoms with E-state index in [1.165, 1.54) is 24.0 Å². The van der Waals surface area contributed by atoms with Gasteiger partial charge < -0.3 is 19.5 Å². The fraction of sp³-hybridized carbons (Fsp3) is 0.500. The van der Waals surface area contributed by atoms with Gasteiger partial charge in [-0.05, 0) is 66.6 Å². The molecule has 0 heterocycles. The average Bonchev–Trinajstić information content (AvgIpc) is 2.73. The van der Waals surface area contributed by atoms with E-state index in [1.807, 2.05) is 12.1 Å². The molecular formula is C24H35NO3. The summed E-state index contributed by atoms with van der Waals surface area (Å²) < 4.78 is 16.0. The van der Waals surface area contributed by atoms with Gasteiger partial charge >= 0.3 is 0 Å². The zero-order chi connectivity index (χ0) is 20.4. The predicted octanol–water partition coefficient (Wildman–Crippen LogP) is 5.41. The molecule has 28 heavy (non-hydrogen) atoms. The molecule has 4 heteroatoms. The molecule has 0 aromatic heterocycles. The standard InChI is InChI=1S/C24H35NO3/c1-18(2)6-8-21(20-9-11-22(26-3)12-10-20)14-15-25-17-19-7-13-23(27-4)24(16-19)28-5/h7,9-13,16,18,21,25H,6,8,14-15,17H2,1-5H3/t21-/m1/s1. The quantitative estimate of drug-likeness (QED) is 0.496. The maximum Gasteiger partial charge on any atom is 0.161 e. The second-order valence-electron chi connectivity index (χ2n) is 7.60. The van der Waals surface area contributed by atoms with Crippen LogP contribution in [0, 0.1) is 5.92 Å². The van der Waals surface area contributed by atoms with Crippen molar-refractivity contribution in [3.63, 3.8) is 0 Å². The number of nitrogens with one attached hydrogen (secondary N) is 1. The molecule has 2 rings (SSSR count). The molecule has 0 aliphatic rings. The van der Waals surface area contributed by atoms with Crippen LogP contribution in [0.25, 0.3) is 0 Å². The van der Waals surface area contributed by atoms with E-state index in [2.05, 4.69) is 49.5 Å². The van der Waals surface area contributed by atoms with Crippen molar-refractivity contribution in [2.45, 2.75) is 45.6 Å². The van der Waals surface area contributed by atoms with Crippen LogP contribution < -0.4 is 19.5 Å². The van der Waals surface area contributed by atoms with Crippen molar-refractivity contribution in [3.05, 3.63) is 53.6 Å². The minimum absolute atomic E-state index is 0.561. The van der Waals surface area contributed by atoms with Crippen LogP contribution in [0.5, 0.6) is 17.2 Å². The highest BCUT2D eigenvalue weighted by Crippen LogP contribution is 2.29. The Morgan fingerprint density at radius 3 is 2.11 bits per heavy atom. The summed E-state index contributed by atoms with van der Waals surface area (Å²) in [6.07, 6.45) is 3.57. The van der Waals surface area contributed by atoms with Crippen molar-refractivity contribution in [1.82, 2.24) is 5.32 Å². The molecule has 4 nitrogen and oxygen atoms in total. The van der Waals surface area contributed by atoms with Crippen molar-refractivity contribution < 1.29 is 14.2 Å². The van der Waals surface area contributed by atoms with Crippen LogP contribution in [0.1, 0.15) is 50.2 Å². The fourth-order valence-corrected chi connectivity index (χ4v) is 3.39. The Morgan fingerprint density at radius 2 is 1.50 bits per heavy atom. The number of ether oxygens (including phenoxy) is 3. The molecule has 1 N–H and O–H groups in total. The molecule has 0 aliphatic carbocycles. The first-order chi connectivity index (χ1) is 13.6. The molecule has 2 aromatic rings. The predicted molar refractivity (Wildman–Crippen MR) is 116 cm³/mol. The maximum absolute atomic E-state index is 5.39. The second-order valence-corrected chi connectivity index (χ2v) is 7.60. The molecule has 0 spiro atoms. The maximum atomic E-state index is 5.39. The molecule has 0 aliphatic heterocycles. The van der Waals surface area contributed by atoms with E-state index in [4.69, 9.17) is 14.2 Å². The summed E-state index contributed by atoms with van der Waals surface area (Å²) in [4.78, 5) is 0. The van der Waals surface area contributed by atoms with Crippen molar-refractivity contribution in [2.75, 3.05) is 27.9 Å². The molecule has 0 unspecified atom stereocenters. The SMILES string of the molecule is COc1ccc([C@@H](CCNCc2ccc(OC)c(OC)c2)CCC(C)C)cc1. The number of methoxy groups -OCH3 is 3. The summed E-state index contributed by atoms with van der Waals surface area (Å²) >= 11 is 0. The van der Waals surface area contributed by atoms with Gasteiger partial charge in [-0.2, -0.15) is 0 Å². The molecule has 0 saturated carbocycles. The lowest BCUT2D eigenvalue weighted by atomic mass is 9.88. The van der Waals surface area contributed by atoms with E-state index >= 15 is 0 Å². The lowest BCUT2D eigenvalue weighted by Crippen LogP contribution is -2.17. The van der Waals surface area contributed by atoms with Gasteiger partial charge in [0.1, 0.15) is 5.75 Å². The summed E-state index contributed by atoms with van der Waals surface area (Å²) in [6, 6.07) is 14.6. The molecule has 0 amide bonds. The zero-order valence-corrected chi connectivity index (χ0v) is 18.0. The first kappa shape index (κ1) is 22.1. The van der Waals surface area contributed by atoms with E-state index in [1.54, 1.807) is 21.3 Å². The minimum Gasteiger partial charge on any atom is -0.497 e.